The van der Waals surface area contributed by atoms with Crippen LogP contribution in [0.1, 0.15) is 47.5 Å². The van der Waals surface area contributed by atoms with Gasteiger partial charge < -0.3 is 14.8 Å². The smallest absolute Gasteiger partial charge is 0.410 e. The zero-order valence-electron chi connectivity index (χ0n) is 14.0. The summed E-state index contributed by atoms with van der Waals surface area (Å²) in [4.78, 5) is 37.4. The van der Waals surface area contributed by atoms with E-state index in [1.54, 1.807) is 34.6 Å². The Morgan fingerprint density at radius 3 is 2.50 bits per heavy atom. The summed E-state index contributed by atoms with van der Waals surface area (Å²) in [7, 11) is 0. The predicted molar refractivity (Wildman–Crippen MR) is 80.2 cm³/mol. The highest BCUT2D eigenvalue weighted by atomic mass is 16.6. The molecule has 1 heterocycles. The molecule has 1 aliphatic heterocycles. The maximum Gasteiger partial charge on any atom is 0.410 e. The molecule has 0 radical (unpaired) electrons. The topological polar surface area (TPSA) is 84.9 Å². The summed E-state index contributed by atoms with van der Waals surface area (Å²) in [6, 6.07) is -1.35. The Kier molecular flexibility index (Phi) is 6.20. The molecule has 0 aromatic heterocycles. The van der Waals surface area contributed by atoms with E-state index in [0.717, 1.165) is 6.42 Å². The molecule has 22 heavy (non-hydrogen) atoms. The highest BCUT2D eigenvalue weighted by molar-refractivity contribution is 5.89. The fourth-order valence-corrected chi connectivity index (χ4v) is 2.21. The van der Waals surface area contributed by atoms with Gasteiger partial charge in [0.15, 0.2) is 0 Å². The number of rotatable bonds is 4. The van der Waals surface area contributed by atoms with E-state index >= 15 is 0 Å². The number of likely N-dealkylation sites (tertiary alicyclic amines) is 1. The Morgan fingerprint density at radius 2 is 1.95 bits per heavy atom. The lowest BCUT2D eigenvalue weighted by Gasteiger charge is -2.28. The van der Waals surface area contributed by atoms with E-state index in [0.29, 0.717) is 13.0 Å². The maximum absolute atomic E-state index is 12.3. The van der Waals surface area contributed by atoms with Gasteiger partial charge in [-0.25, -0.2) is 9.59 Å². The summed E-state index contributed by atoms with van der Waals surface area (Å²) in [6.07, 6.45) is 0.778. The van der Waals surface area contributed by atoms with Gasteiger partial charge in [0.05, 0.1) is 6.61 Å². The van der Waals surface area contributed by atoms with Crippen LogP contribution >= 0.6 is 0 Å². The van der Waals surface area contributed by atoms with Crippen molar-refractivity contribution in [2.75, 3.05) is 13.2 Å². The second-order valence-corrected chi connectivity index (χ2v) is 6.31. The van der Waals surface area contributed by atoms with Crippen molar-refractivity contribution in [1.29, 1.82) is 0 Å². The fourth-order valence-electron chi connectivity index (χ4n) is 2.21. The van der Waals surface area contributed by atoms with Gasteiger partial charge in [-0.3, -0.25) is 9.69 Å². The number of carbonyl (C=O) groups excluding carboxylic acids is 3. The average Bonchev–Trinajstić information content (AvgIpc) is 2.86. The Bertz CT molecular complexity index is 430. The Balaban J connectivity index is 2.64. The van der Waals surface area contributed by atoms with Crippen molar-refractivity contribution >= 4 is 18.0 Å². The normalized spacial score (nSPS) is 19.5. The van der Waals surface area contributed by atoms with E-state index in [1.165, 1.54) is 4.90 Å². The Morgan fingerprint density at radius 1 is 1.32 bits per heavy atom. The van der Waals surface area contributed by atoms with Crippen molar-refractivity contribution in [3.8, 4) is 0 Å². The van der Waals surface area contributed by atoms with Crippen LogP contribution in [0.3, 0.4) is 0 Å². The van der Waals surface area contributed by atoms with Gasteiger partial charge in [0.2, 0.25) is 5.91 Å². The van der Waals surface area contributed by atoms with Crippen molar-refractivity contribution < 1.29 is 23.9 Å². The largest absolute Gasteiger partial charge is 0.464 e. The van der Waals surface area contributed by atoms with Gasteiger partial charge in [0.25, 0.3) is 0 Å². The standard InChI is InChI=1S/C15H26N2O5/c1-6-21-13(19)10(2)16-12(18)11-8-7-9-17(11)14(20)22-15(3,4)5/h10-11H,6-9H2,1-5H3,(H,16,18)/t10-,11-/m0/s1. The number of hydrogen-bond acceptors (Lipinski definition) is 5. The SMILES string of the molecule is CCOC(=O)[C@H](C)NC(=O)[C@@H]1CCCN1C(=O)OC(C)(C)C. The molecule has 1 N–H and O–H groups in total. The minimum atomic E-state index is -0.742. The van der Waals surface area contributed by atoms with Crippen molar-refractivity contribution in [2.24, 2.45) is 0 Å². The molecule has 0 spiro atoms. The van der Waals surface area contributed by atoms with E-state index in [9.17, 15) is 14.4 Å². The first kappa shape index (κ1) is 18.3. The van der Waals surface area contributed by atoms with Crippen LogP contribution in [0.4, 0.5) is 4.79 Å². The molecule has 1 saturated heterocycles. The van der Waals surface area contributed by atoms with Gasteiger partial charge >= 0.3 is 12.1 Å². The summed E-state index contributed by atoms with van der Waals surface area (Å²) in [5, 5.41) is 2.59. The van der Waals surface area contributed by atoms with Crippen molar-refractivity contribution in [3.63, 3.8) is 0 Å². The Labute approximate surface area is 131 Å². The molecule has 1 aliphatic rings. The third-order valence-corrected chi connectivity index (χ3v) is 3.18. The van der Waals surface area contributed by atoms with Gasteiger partial charge in [-0.2, -0.15) is 0 Å². The van der Waals surface area contributed by atoms with E-state index in [2.05, 4.69) is 5.32 Å². The van der Waals surface area contributed by atoms with Crippen LogP contribution in [0, 0.1) is 0 Å². The molecule has 2 atom stereocenters. The van der Waals surface area contributed by atoms with Crippen LogP contribution in [-0.4, -0.2) is 53.7 Å². The number of nitrogens with zero attached hydrogens (tertiary/aromatic N) is 1. The van der Waals surface area contributed by atoms with E-state index in [1.807, 2.05) is 0 Å². The molecule has 2 amide bonds. The van der Waals surface area contributed by atoms with Gasteiger partial charge in [-0.15, -0.1) is 0 Å². The highest BCUT2D eigenvalue weighted by Gasteiger charge is 2.37. The quantitative estimate of drug-likeness (QED) is 0.794. The van der Waals surface area contributed by atoms with Crippen molar-refractivity contribution in [2.45, 2.75) is 65.1 Å². The molecule has 0 saturated carbocycles. The predicted octanol–water partition coefficient (Wildman–Crippen LogP) is 1.45. The molecule has 0 aromatic rings. The maximum atomic E-state index is 12.3. The van der Waals surface area contributed by atoms with Gasteiger partial charge in [-0.1, -0.05) is 0 Å². The molecule has 0 aliphatic carbocycles. The first-order valence-electron chi connectivity index (χ1n) is 7.62. The minimum absolute atomic E-state index is 0.256. The molecule has 7 heteroatoms. The second-order valence-electron chi connectivity index (χ2n) is 6.31. The summed E-state index contributed by atoms with van der Waals surface area (Å²) >= 11 is 0. The summed E-state index contributed by atoms with van der Waals surface area (Å²) in [6.45, 7) is 9.32. The molecule has 0 aromatic carbocycles. The summed E-state index contributed by atoms with van der Waals surface area (Å²) < 4.78 is 10.2. The number of hydrogen-bond donors (Lipinski definition) is 1. The first-order valence-corrected chi connectivity index (χ1v) is 7.62. The third kappa shape index (κ3) is 5.20. The second kappa shape index (κ2) is 7.47. The number of esters is 1. The minimum Gasteiger partial charge on any atom is -0.464 e. The molecule has 0 bridgehead atoms. The lowest BCUT2D eigenvalue weighted by atomic mass is 10.2. The highest BCUT2D eigenvalue weighted by Crippen LogP contribution is 2.21. The molecule has 0 unspecified atom stereocenters. The Hall–Kier alpha value is -1.79. The number of amides is 2. The number of ether oxygens (including phenoxy) is 2. The van der Waals surface area contributed by atoms with Crippen molar-refractivity contribution in [3.05, 3.63) is 0 Å². The van der Waals surface area contributed by atoms with Crippen LogP contribution in [0.15, 0.2) is 0 Å². The fraction of sp³-hybridized carbons (Fsp3) is 0.800. The van der Waals surface area contributed by atoms with Crippen LogP contribution in [0.5, 0.6) is 0 Å². The van der Waals surface area contributed by atoms with Crippen LogP contribution in [0.2, 0.25) is 0 Å². The molecular formula is C15H26N2O5. The first-order chi connectivity index (χ1) is 10.2. The molecule has 7 nitrogen and oxygen atoms in total. The summed E-state index contributed by atoms with van der Waals surface area (Å²) in [5.41, 5.74) is -0.612. The van der Waals surface area contributed by atoms with E-state index in [4.69, 9.17) is 9.47 Å². The average molecular weight is 314 g/mol. The van der Waals surface area contributed by atoms with Gasteiger partial charge in [-0.05, 0) is 47.5 Å². The molecular weight excluding hydrogens is 288 g/mol. The zero-order valence-corrected chi connectivity index (χ0v) is 14.0. The number of nitrogens with one attached hydrogen (secondary N) is 1. The lowest BCUT2D eigenvalue weighted by molar-refractivity contribution is -0.147. The van der Waals surface area contributed by atoms with Crippen molar-refractivity contribution in [1.82, 2.24) is 10.2 Å². The molecule has 1 rings (SSSR count). The van der Waals surface area contributed by atoms with E-state index < -0.39 is 29.7 Å². The van der Waals surface area contributed by atoms with Crippen LogP contribution in [0.25, 0.3) is 0 Å². The monoisotopic (exact) mass is 314 g/mol. The van der Waals surface area contributed by atoms with E-state index in [-0.39, 0.29) is 12.5 Å². The lowest BCUT2D eigenvalue weighted by Crippen LogP contribution is -2.51. The third-order valence-electron chi connectivity index (χ3n) is 3.18. The summed E-state index contributed by atoms with van der Waals surface area (Å²) in [5.74, 6) is -0.846. The molecule has 126 valence electrons. The van der Waals surface area contributed by atoms with Gasteiger partial charge in [0.1, 0.15) is 17.7 Å². The number of carbonyl (C=O) groups is 3. The van der Waals surface area contributed by atoms with Crippen LogP contribution < -0.4 is 5.32 Å². The van der Waals surface area contributed by atoms with Crippen LogP contribution in [-0.2, 0) is 19.1 Å². The zero-order chi connectivity index (χ0) is 16.9. The van der Waals surface area contributed by atoms with Gasteiger partial charge in [0, 0.05) is 6.54 Å². The molecule has 1 fully saturated rings.